The molecular formula is C20H26N6O. The first-order valence-corrected chi connectivity index (χ1v) is 9.26. The van der Waals surface area contributed by atoms with E-state index in [2.05, 4.69) is 33.3 Å². The minimum Gasteiger partial charge on any atom is -0.392 e. The third kappa shape index (κ3) is 3.92. The fourth-order valence-corrected chi connectivity index (χ4v) is 3.67. The Morgan fingerprint density at radius 3 is 2.96 bits per heavy atom. The van der Waals surface area contributed by atoms with Gasteiger partial charge in [0.2, 0.25) is 11.9 Å². The highest BCUT2D eigenvalue weighted by Gasteiger charge is 2.40. The standard InChI is InChI=1S/C20H26N6O/c1-4-13(2)19(27)26-16-5-6-17(26)10-14(9-16)18-7-8-23-20(25-18)24-15(11-21)12-22-3/h7-9,11-12,16-17,21-22H,2,4-6,10H2,1,3H3,(H,23,24,25)/b15-12+,21-11?. The number of nitrogens with zero attached hydrogens (tertiary/aromatic N) is 3. The first-order chi connectivity index (χ1) is 13.1. The van der Waals surface area contributed by atoms with Gasteiger partial charge in [-0.25, -0.2) is 9.97 Å². The van der Waals surface area contributed by atoms with Gasteiger partial charge in [0.1, 0.15) is 0 Å². The van der Waals surface area contributed by atoms with E-state index in [0.717, 1.165) is 30.5 Å². The van der Waals surface area contributed by atoms with Crippen LogP contribution < -0.4 is 10.6 Å². The number of rotatable bonds is 7. The van der Waals surface area contributed by atoms with Gasteiger partial charge in [-0.1, -0.05) is 19.6 Å². The molecule has 1 aromatic heterocycles. The zero-order valence-electron chi connectivity index (χ0n) is 15.8. The number of nitrogens with one attached hydrogen (secondary N) is 3. The van der Waals surface area contributed by atoms with E-state index in [0.29, 0.717) is 23.6 Å². The summed E-state index contributed by atoms with van der Waals surface area (Å²) in [5, 5.41) is 13.3. The van der Waals surface area contributed by atoms with Gasteiger partial charge in [0.15, 0.2) is 0 Å². The lowest BCUT2D eigenvalue weighted by Crippen LogP contribution is -2.43. The van der Waals surface area contributed by atoms with E-state index in [1.54, 1.807) is 19.4 Å². The minimum absolute atomic E-state index is 0.0816. The van der Waals surface area contributed by atoms with Gasteiger partial charge in [-0.2, -0.15) is 0 Å². The summed E-state index contributed by atoms with van der Waals surface area (Å²) < 4.78 is 0. The SMILES string of the molecule is C=C(CC)C(=O)N1C2C=C(c3ccnc(N/C(C=N)=C/NC)n3)CC1CC2. The molecule has 1 fully saturated rings. The maximum atomic E-state index is 12.6. The van der Waals surface area contributed by atoms with E-state index < -0.39 is 0 Å². The van der Waals surface area contributed by atoms with Crippen LogP contribution in [0.4, 0.5) is 5.95 Å². The Morgan fingerprint density at radius 2 is 2.30 bits per heavy atom. The van der Waals surface area contributed by atoms with E-state index >= 15 is 0 Å². The molecule has 3 heterocycles. The molecule has 142 valence electrons. The fraction of sp³-hybridized carbons (Fsp3) is 0.400. The van der Waals surface area contributed by atoms with Gasteiger partial charge in [-0.3, -0.25) is 4.79 Å². The summed E-state index contributed by atoms with van der Waals surface area (Å²) in [5.41, 5.74) is 3.25. The lowest BCUT2D eigenvalue weighted by Gasteiger charge is -2.34. The fourth-order valence-electron chi connectivity index (χ4n) is 3.67. The maximum absolute atomic E-state index is 12.6. The zero-order valence-corrected chi connectivity index (χ0v) is 15.8. The van der Waals surface area contributed by atoms with Gasteiger partial charge >= 0.3 is 0 Å². The molecular weight excluding hydrogens is 340 g/mol. The van der Waals surface area contributed by atoms with Crippen LogP contribution in [0.3, 0.4) is 0 Å². The number of carbonyl (C=O) groups is 1. The first kappa shape index (κ1) is 18.8. The Labute approximate surface area is 159 Å². The second kappa shape index (κ2) is 8.16. The molecule has 3 rings (SSSR count). The van der Waals surface area contributed by atoms with Crippen molar-refractivity contribution in [3.8, 4) is 0 Å². The van der Waals surface area contributed by atoms with Crippen LogP contribution in [0.25, 0.3) is 5.57 Å². The third-order valence-corrected chi connectivity index (χ3v) is 5.06. The molecule has 27 heavy (non-hydrogen) atoms. The van der Waals surface area contributed by atoms with Gasteiger partial charge in [-0.15, -0.1) is 0 Å². The van der Waals surface area contributed by atoms with Crippen molar-refractivity contribution < 1.29 is 4.79 Å². The van der Waals surface area contributed by atoms with E-state index in [4.69, 9.17) is 5.41 Å². The van der Waals surface area contributed by atoms with Crippen LogP contribution in [-0.4, -0.2) is 46.1 Å². The van der Waals surface area contributed by atoms with Gasteiger partial charge in [0.25, 0.3) is 0 Å². The Kier molecular flexibility index (Phi) is 5.69. The largest absolute Gasteiger partial charge is 0.392 e. The molecule has 1 aromatic rings. The number of hydrogen-bond acceptors (Lipinski definition) is 6. The van der Waals surface area contributed by atoms with Crippen LogP contribution in [0.2, 0.25) is 0 Å². The van der Waals surface area contributed by atoms with Crippen molar-refractivity contribution in [1.29, 1.82) is 5.41 Å². The van der Waals surface area contributed by atoms with Crippen molar-refractivity contribution in [1.82, 2.24) is 20.2 Å². The molecule has 2 unspecified atom stereocenters. The highest BCUT2D eigenvalue weighted by Crippen LogP contribution is 2.39. The van der Waals surface area contributed by atoms with Crippen LogP contribution in [0.5, 0.6) is 0 Å². The summed E-state index contributed by atoms with van der Waals surface area (Å²) in [6.45, 7) is 5.88. The monoisotopic (exact) mass is 366 g/mol. The molecule has 3 N–H and O–H groups in total. The van der Waals surface area contributed by atoms with Gasteiger partial charge < -0.3 is 20.9 Å². The average Bonchev–Trinajstić information content (AvgIpc) is 2.95. The van der Waals surface area contributed by atoms with Crippen LogP contribution in [0.15, 0.2) is 42.4 Å². The molecule has 0 radical (unpaired) electrons. The molecule has 0 spiro atoms. The van der Waals surface area contributed by atoms with Crippen molar-refractivity contribution in [3.05, 3.63) is 48.1 Å². The topological polar surface area (TPSA) is 94.0 Å². The molecule has 1 amide bonds. The Hall–Kier alpha value is -2.96. The van der Waals surface area contributed by atoms with Crippen molar-refractivity contribution in [2.45, 2.75) is 44.7 Å². The Balaban J connectivity index is 1.81. The molecule has 7 heteroatoms. The predicted octanol–water partition coefficient (Wildman–Crippen LogP) is 2.71. The highest BCUT2D eigenvalue weighted by molar-refractivity contribution is 5.94. The molecule has 2 aliphatic rings. The summed E-state index contributed by atoms with van der Waals surface area (Å²) in [4.78, 5) is 23.5. The second-order valence-electron chi connectivity index (χ2n) is 6.79. The second-order valence-corrected chi connectivity index (χ2v) is 6.79. The van der Waals surface area contributed by atoms with E-state index in [-0.39, 0.29) is 18.0 Å². The number of amides is 1. The van der Waals surface area contributed by atoms with Crippen LogP contribution in [0, 0.1) is 5.41 Å². The van der Waals surface area contributed by atoms with E-state index in [1.807, 2.05) is 17.9 Å². The lowest BCUT2D eigenvalue weighted by molar-refractivity contribution is -0.129. The van der Waals surface area contributed by atoms with Crippen molar-refractivity contribution in [2.24, 2.45) is 0 Å². The minimum atomic E-state index is 0.0816. The van der Waals surface area contributed by atoms with Crippen LogP contribution in [0.1, 0.15) is 38.3 Å². The summed E-state index contributed by atoms with van der Waals surface area (Å²) >= 11 is 0. The van der Waals surface area contributed by atoms with Gasteiger partial charge in [-0.05, 0) is 37.3 Å². The number of fused-ring (bicyclic) bond motifs is 2. The lowest BCUT2D eigenvalue weighted by atomic mass is 9.97. The van der Waals surface area contributed by atoms with Gasteiger partial charge in [0.05, 0.1) is 17.4 Å². The van der Waals surface area contributed by atoms with Crippen LogP contribution >= 0.6 is 0 Å². The average molecular weight is 366 g/mol. The van der Waals surface area contributed by atoms with Crippen molar-refractivity contribution >= 4 is 23.6 Å². The van der Waals surface area contributed by atoms with Crippen LogP contribution in [-0.2, 0) is 4.79 Å². The number of carbonyl (C=O) groups excluding carboxylic acids is 1. The summed E-state index contributed by atoms with van der Waals surface area (Å²) in [5.74, 6) is 0.529. The van der Waals surface area contributed by atoms with Crippen molar-refractivity contribution in [3.63, 3.8) is 0 Å². The molecule has 0 aromatic carbocycles. The maximum Gasteiger partial charge on any atom is 0.249 e. The number of allylic oxidation sites excluding steroid dienone is 1. The quantitative estimate of drug-likeness (QED) is 0.509. The molecule has 2 atom stereocenters. The molecule has 2 aliphatic heterocycles. The van der Waals surface area contributed by atoms with E-state index in [1.165, 1.54) is 6.21 Å². The Bertz CT molecular complexity index is 812. The van der Waals surface area contributed by atoms with Gasteiger partial charge in [0, 0.05) is 37.3 Å². The summed E-state index contributed by atoms with van der Waals surface area (Å²) in [6, 6.07) is 2.21. The molecule has 2 bridgehead atoms. The molecule has 0 aliphatic carbocycles. The first-order valence-electron chi connectivity index (χ1n) is 9.26. The number of anilines is 1. The normalized spacial score (nSPS) is 21.5. The zero-order chi connectivity index (χ0) is 19.4. The molecule has 7 nitrogen and oxygen atoms in total. The van der Waals surface area contributed by atoms with Crippen molar-refractivity contribution in [2.75, 3.05) is 12.4 Å². The summed E-state index contributed by atoms with van der Waals surface area (Å²) in [7, 11) is 1.77. The predicted molar refractivity (Wildman–Crippen MR) is 107 cm³/mol. The van der Waals surface area contributed by atoms with E-state index in [9.17, 15) is 4.79 Å². The molecule has 0 saturated carbocycles. The number of aromatic nitrogens is 2. The smallest absolute Gasteiger partial charge is 0.249 e. The Morgan fingerprint density at radius 1 is 1.48 bits per heavy atom. The number of hydrogen-bond donors (Lipinski definition) is 3. The third-order valence-electron chi connectivity index (χ3n) is 5.06. The molecule has 1 saturated heterocycles. The highest BCUT2D eigenvalue weighted by atomic mass is 16.2. The summed E-state index contributed by atoms with van der Waals surface area (Å²) in [6.07, 6.45) is 10.2.